The molecule has 0 aromatic heterocycles. The largest absolute Gasteiger partial charge is 0.463 e. The molecule has 0 rings (SSSR count). The third-order valence-electron chi connectivity index (χ3n) is 4.86. The highest BCUT2D eigenvalue weighted by molar-refractivity contribution is 6.17. The van der Waals surface area contributed by atoms with E-state index in [0.29, 0.717) is 65.4 Å². The summed E-state index contributed by atoms with van der Waals surface area (Å²) in [6, 6.07) is 0. The lowest BCUT2D eigenvalue weighted by atomic mass is 10.2. The molecule has 0 unspecified atom stereocenters. The molecular formula is C27H48ClNO10. The molecule has 0 aliphatic carbocycles. The van der Waals surface area contributed by atoms with E-state index in [0.717, 1.165) is 44.6 Å². The Balaban J connectivity index is 3.31. The van der Waals surface area contributed by atoms with Crippen LogP contribution >= 0.6 is 11.6 Å². The van der Waals surface area contributed by atoms with Crippen molar-refractivity contribution in [3.05, 3.63) is 12.2 Å². The van der Waals surface area contributed by atoms with E-state index in [1.54, 1.807) is 12.2 Å². The predicted octanol–water partition coefficient (Wildman–Crippen LogP) is 3.80. The Bertz CT molecular complexity index is 621. The Morgan fingerprint density at radius 3 is 1.87 bits per heavy atom. The number of unbranched alkanes of at least 4 members (excludes halogenated alkanes) is 3. The second-order valence-corrected chi connectivity index (χ2v) is 8.68. The molecule has 0 aliphatic heterocycles. The molecule has 0 radical (unpaired) electrons. The van der Waals surface area contributed by atoms with Crippen molar-refractivity contribution in [2.75, 3.05) is 85.1 Å². The number of carbonyl (C=O) groups is 3. The van der Waals surface area contributed by atoms with Gasteiger partial charge in [0.25, 0.3) is 0 Å². The van der Waals surface area contributed by atoms with Gasteiger partial charge in [-0.2, -0.15) is 0 Å². The van der Waals surface area contributed by atoms with Gasteiger partial charge in [0.15, 0.2) is 0 Å². The van der Waals surface area contributed by atoms with Crippen LogP contribution < -0.4 is 5.32 Å². The first-order valence-corrected chi connectivity index (χ1v) is 14.4. The zero-order chi connectivity index (χ0) is 28.7. The van der Waals surface area contributed by atoms with Crippen LogP contribution in [0, 0.1) is 0 Å². The maximum absolute atomic E-state index is 11.7. The zero-order valence-corrected chi connectivity index (χ0v) is 24.2. The number of ether oxygens (including phenoxy) is 7. The summed E-state index contributed by atoms with van der Waals surface area (Å²) in [6.07, 6.45) is 9.05. The van der Waals surface area contributed by atoms with Crippen molar-refractivity contribution >= 4 is 29.6 Å². The molecule has 0 spiro atoms. The van der Waals surface area contributed by atoms with Crippen molar-refractivity contribution in [3.63, 3.8) is 0 Å². The monoisotopic (exact) mass is 581 g/mol. The highest BCUT2D eigenvalue weighted by Gasteiger charge is 2.03. The van der Waals surface area contributed by atoms with Gasteiger partial charge in [0.05, 0.1) is 39.6 Å². The van der Waals surface area contributed by atoms with Gasteiger partial charge in [-0.1, -0.05) is 19.8 Å². The number of alkyl halides is 1. The summed E-state index contributed by atoms with van der Waals surface area (Å²) in [5, 5.41) is 2.55. The molecule has 1 N–H and O–H groups in total. The minimum absolute atomic E-state index is 0.0796. The van der Waals surface area contributed by atoms with E-state index in [1.807, 2.05) is 6.92 Å². The molecule has 12 heteroatoms. The van der Waals surface area contributed by atoms with Crippen LogP contribution in [0.4, 0.5) is 4.79 Å². The number of carbonyl (C=O) groups excluding carboxylic acids is 3. The maximum Gasteiger partial charge on any atom is 0.407 e. The fourth-order valence-electron chi connectivity index (χ4n) is 2.85. The summed E-state index contributed by atoms with van der Waals surface area (Å²) in [5.74, 6) is 0.188. The van der Waals surface area contributed by atoms with Crippen molar-refractivity contribution in [1.29, 1.82) is 0 Å². The molecule has 228 valence electrons. The van der Waals surface area contributed by atoms with Crippen molar-refractivity contribution < 1.29 is 47.5 Å². The smallest absolute Gasteiger partial charge is 0.407 e. The Morgan fingerprint density at radius 2 is 1.18 bits per heavy atom. The highest BCUT2D eigenvalue weighted by Crippen LogP contribution is 2.01. The van der Waals surface area contributed by atoms with Crippen LogP contribution in [0.1, 0.15) is 58.3 Å². The molecule has 0 saturated carbocycles. The molecule has 0 saturated heterocycles. The van der Waals surface area contributed by atoms with Gasteiger partial charge in [0, 0.05) is 38.5 Å². The Labute approximate surface area is 238 Å². The van der Waals surface area contributed by atoms with Crippen molar-refractivity contribution in [1.82, 2.24) is 5.32 Å². The zero-order valence-electron chi connectivity index (χ0n) is 23.5. The number of halogens is 1. The molecule has 0 atom stereocenters. The number of rotatable bonds is 28. The molecule has 0 aliphatic rings. The van der Waals surface area contributed by atoms with Crippen LogP contribution in [0.25, 0.3) is 0 Å². The van der Waals surface area contributed by atoms with Gasteiger partial charge in [-0.3, -0.25) is 9.59 Å². The predicted molar refractivity (Wildman–Crippen MR) is 147 cm³/mol. The number of alkyl carbamates (subject to hydrolysis) is 1. The van der Waals surface area contributed by atoms with Crippen molar-refractivity contribution in [2.45, 2.75) is 58.3 Å². The lowest BCUT2D eigenvalue weighted by Crippen LogP contribution is -2.28. The van der Waals surface area contributed by atoms with Gasteiger partial charge < -0.3 is 38.5 Å². The first-order valence-electron chi connectivity index (χ1n) is 13.8. The average Bonchev–Trinajstić information content (AvgIpc) is 2.92. The topological polar surface area (TPSA) is 128 Å². The first kappa shape index (κ1) is 37.1. The van der Waals surface area contributed by atoms with Crippen LogP contribution in [0.2, 0.25) is 0 Å². The maximum atomic E-state index is 11.7. The van der Waals surface area contributed by atoms with Gasteiger partial charge in [0.1, 0.15) is 19.8 Å². The summed E-state index contributed by atoms with van der Waals surface area (Å²) in [6.45, 7) is 6.20. The van der Waals surface area contributed by atoms with Gasteiger partial charge in [0.2, 0.25) is 0 Å². The van der Waals surface area contributed by atoms with Crippen LogP contribution in [0.3, 0.4) is 0 Å². The molecule has 0 aromatic carbocycles. The molecule has 39 heavy (non-hydrogen) atoms. The lowest BCUT2D eigenvalue weighted by Gasteiger charge is -2.08. The quantitative estimate of drug-likeness (QED) is 0.0479. The van der Waals surface area contributed by atoms with Gasteiger partial charge in [-0.15, -0.1) is 11.6 Å². The minimum Gasteiger partial charge on any atom is -0.463 e. The molecule has 0 aromatic rings. The highest BCUT2D eigenvalue weighted by atomic mass is 35.5. The summed E-state index contributed by atoms with van der Waals surface area (Å²) in [4.78, 5) is 34.4. The molecule has 1 amide bonds. The van der Waals surface area contributed by atoms with Gasteiger partial charge >= 0.3 is 18.0 Å². The second kappa shape index (κ2) is 30.6. The third-order valence-corrected chi connectivity index (χ3v) is 5.13. The standard InChI is InChI=1S/C27H48ClNO10/c1-2-10-25(30)37-16-7-8-17-39-27(32)29-13-18-35-21-22-36-23-24-38-26(31)11-9-15-34-20-19-33-14-6-4-3-5-12-28/h7-8H,2-6,9-24H2,1H3,(H,29,32)/b8-7+. The van der Waals surface area contributed by atoms with E-state index in [1.165, 1.54) is 0 Å². The molecule has 11 nitrogen and oxygen atoms in total. The average molecular weight is 582 g/mol. The van der Waals surface area contributed by atoms with E-state index < -0.39 is 6.09 Å². The van der Waals surface area contributed by atoms with Crippen LogP contribution in [0.15, 0.2) is 12.2 Å². The first-order chi connectivity index (χ1) is 19.1. The summed E-state index contributed by atoms with van der Waals surface area (Å²) < 4.78 is 36.6. The van der Waals surface area contributed by atoms with Crippen LogP contribution in [-0.2, 0) is 42.7 Å². The van der Waals surface area contributed by atoms with Gasteiger partial charge in [-0.05, 0) is 37.8 Å². The minimum atomic E-state index is -0.565. The fourth-order valence-corrected chi connectivity index (χ4v) is 3.04. The van der Waals surface area contributed by atoms with Crippen LogP contribution in [0.5, 0.6) is 0 Å². The van der Waals surface area contributed by atoms with Crippen molar-refractivity contribution in [2.24, 2.45) is 0 Å². The van der Waals surface area contributed by atoms with Crippen LogP contribution in [-0.4, -0.2) is 103 Å². The summed E-state index contributed by atoms with van der Waals surface area (Å²) in [7, 11) is 0. The Hall–Kier alpha value is -1.92. The molecule has 0 fully saturated rings. The third kappa shape index (κ3) is 30.5. The molecular weight excluding hydrogens is 534 g/mol. The number of amides is 1. The summed E-state index contributed by atoms with van der Waals surface area (Å²) in [5.41, 5.74) is 0. The number of nitrogens with one attached hydrogen (secondary N) is 1. The molecule has 0 heterocycles. The SMILES string of the molecule is CCCC(=O)OC/C=C/COC(=O)NCCOCCOCCOC(=O)CCCOCCOCCCCCCCl. The van der Waals surface area contributed by atoms with Crippen molar-refractivity contribution in [3.8, 4) is 0 Å². The summed E-state index contributed by atoms with van der Waals surface area (Å²) >= 11 is 5.63. The lowest BCUT2D eigenvalue weighted by molar-refractivity contribution is -0.146. The van der Waals surface area contributed by atoms with E-state index in [9.17, 15) is 14.4 Å². The second-order valence-electron chi connectivity index (χ2n) is 8.31. The van der Waals surface area contributed by atoms with Gasteiger partial charge in [-0.25, -0.2) is 4.79 Å². The number of esters is 2. The Kier molecular flexibility index (Phi) is 29.1. The van der Waals surface area contributed by atoms with E-state index in [2.05, 4.69) is 5.32 Å². The molecule has 0 bridgehead atoms. The van der Waals surface area contributed by atoms with E-state index in [-0.39, 0.29) is 38.4 Å². The van der Waals surface area contributed by atoms with E-state index in [4.69, 9.17) is 44.8 Å². The normalized spacial score (nSPS) is 11.0. The number of hydrogen-bond donors (Lipinski definition) is 1. The number of hydrogen-bond acceptors (Lipinski definition) is 10. The fraction of sp³-hybridized carbons (Fsp3) is 0.815. The Morgan fingerprint density at radius 1 is 0.615 bits per heavy atom. The van der Waals surface area contributed by atoms with E-state index >= 15 is 0 Å².